The Hall–Kier alpha value is -5.28. The molecule has 3 heteroatoms. The first-order valence-electron chi connectivity index (χ1n) is 15.2. The Labute approximate surface area is 250 Å². The molecule has 0 spiro atoms. The van der Waals surface area contributed by atoms with Gasteiger partial charge in [0.05, 0.1) is 28.1 Å². The smallest absolute Gasteiger partial charge is 0.141 e. The van der Waals surface area contributed by atoms with Crippen molar-refractivity contribution in [3.8, 4) is 22.5 Å². The van der Waals surface area contributed by atoms with Crippen LogP contribution in [0.25, 0.3) is 72.2 Å². The maximum Gasteiger partial charge on any atom is 0.141 e. The summed E-state index contributed by atoms with van der Waals surface area (Å²) in [6.45, 7) is 0. The zero-order valence-electron chi connectivity index (χ0n) is 23.7. The van der Waals surface area contributed by atoms with Gasteiger partial charge in [-0.15, -0.1) is 0 Å². The summed E-state index contributed by atoms with van der Waals surface area (Å²) < 4.78 is 2.40. The van der Waals surface area contributed by atoms with Crippen molar-refractivity contribution >= 4 is 49.7 Å². The molecular weight excluding hydrogens is 522 g/mol. The van der Waals surface area contributed by atoms with Gasteiger partial charge < -0.3 is 4.57 Å². The Morgan fingerprint density at radius 2 is 1.47 bits per heavy atom. The molecule has 0 N–H and O–H groups in total. The third-order valence-electron chi connectivity index (χ3n) is 9.15. The zero-order valence-corrected chi connectivity index (χ0v) is 23.7. The van der Waals surface area contributed by atoms with Gasteiger partial charge >= 0.3 is 0 Å². The van der Waals surface area contributed by atoms with Gasteiger partial charge in [0, 0.05) is 32.8 Å². The SMILES string of the molecule is C1=CCC(n2c(-c3ccc(-c4c5ccc6c(c5nc5c4ccc4ccccc45)C=CCC6)cc3)nc3ccccc32)C=C1. The molecule has 0 radical (unpaired) electrons. The molecule has 3 nitrogen and oxygen atoms in total. The quantitative estimate of drug-likeness (QED) is 0.162. The molecule has 7 aromatic rings. The van der Waals surface area contributed by atoms with Crippen LogP contribution in [0.2, 0.25) is 0 Å². The number of para-hydroxylation sites is 2. The van der Waals surface area contributed by atoms with Crippen LogP contribution >= 0.6 is 0 Å². The van der Waals surface area contributed by atoms with Crippen molar-refractivity contribution in [3.63, 3.8) is 0 Å². The van der Waals surface area contributed by atoms with Crippen molar-refractivity contribution in [2.75, 3.05) is 0 Å². The largest absolute Gasteiger partial charge is 0.317 e. The average molecular weight is 552 g/mol. The topological polar surface area (TPSA) is 30.7 Å². The number of pyridine rings is 1. The second-order valence-corrected chi connectivity index (χ2v) is 11.6. The summed E-state index contributed by atoms with van der Waals surface area (Å²) in [5.74, 6) is 1.01. The molecule has 2 aliphatic carbocycles. The Morgan fingerprint density at radius 1 is 0.651 bits per heavy atom. The first-order valence-corrected chi connectivity index (χ1v) is 15.2. The van der Waals surface area contributed by atoms with E-state index in [4.69, 9.17) is 9.97 Å². The second kappa shape index (κ2) is 9.64. The number of aryl methyl sites for hydroxylation is 1. The predicted octanol–water partition coefficient (Wildman–Crippen LogP) is 10.2. The van der Waals surface area contributed by atoms with Gasteiger partial charge in [-0.1, -0.05) is 121 Å². The molecule has 0 saturated heterocycles. The minimum atomic E-state index is 0.243. The highest BCUT2D eigenvalue weighted by Crippen LogP contribution is 2.41. The molecule has 1 atom stereocenters. The number of nitrogens with zero attached hydrogens (tertiary/aromatic N) is 3. The molecule has 0 bridgehead atoms. The number of hydrogen-bond donors (Lipinski definition) is 0. The fourth-order valence-electron chi connectivity index (χ4n) is 7.09. The van der Waals surface area contributed by atoms with E-state index in [9.17, 15) is 0 Å². The average Bonchev–Trinajstić information content (AvgIpc) is 3.47. The molecule has 0 amide bonds. The van der Waals surface area contributed by atoms with Crippen LogP contribution in [0, 0.1) is 0 Å². The summed E-state index contributed by atoms with van der Waals surface area (Å²) in [5, 5.41) is 4.80. The van der Waals surface area contributed by atoms with E-state index in [1.165, 1.54) is 49.3 Å². The van der Waals surface area contributed by atoms with Crippen LogP contribution in [0.3, 0.4) is 0 Å². The van der Waals surface area contributed by atoms with Gasteiger partial charge in [-0.25, -0.2) is 9.97 Å². The number of benzene rings is 5. The van der Waals surface area contributed by atoms with Crippen LogP contribution in [0.5, 0.6) is 0 Å². The number of fused-ring (bicyclic) bond motifs is 7. The van der Waals surface area contributed by atoms with Gasteiger partial charge in [-0.05, 0) is 47.9 Å². The van der Waals surface area contributed by atoms with Crippen LogP contribution in [-0.2, 0) is 6.42 Å². The van der Waals surface area contributed by atoms with Gasteiger partial charge in [0.2, 0.25) is 0 Å². The maximum atomic E-state index is 5.38. The predicted molar refractivity (Wildman–Crippen MR) is 180 cm³/mol. The lowest BCUT2D eigenvalue weighted by Crippen LogP contribution is -2.08. The number of aromatic nitrogens is 3. The molecule has 204 valence electrons. The lowest BCUT2D eigenvalue weighted by molar-refractivity contribution is 0.631. The van der Waals surface area contributed by atoms with Crippen LogP contribution in [0.15, 0.2) is 127 Å². The summed E-state index contributed by atoms with van der Waals surface area (Å²) in [4.78, 5) is 10.5. The summed E-state index contributed by atoms with van der Waals surface area (Å²) in [6.07, 6.45) is 16.5. The van der Waals surface area contributed by atoms with E-state index in [2.05, 4.69) is 138 Å². The van der Waals surface area contributed by atoms with Crippen molar-refractivity contribution in [2.24, 2.45) is 0 Å². The second-order valence-electron chi connectivity index (χ2n) is 11.6. The van der Waals surface area contributed by atoms with E-state index >= 15 is 0 Å². The summed E-state index contributed by atoms with van der Waals surface area (Å²) in [6, 6.07) is 35.4. The van der Waals surface area contributed by atoms with Crippen molar-refractivity contribution in [2.45, 2.75) is 25.3 Å². The highest BCUT2D eigenvalue weighted by Gasteiger charge is 2.21. The van der Waals surface area contributed by atoms with Crippen molar-refractivity contribution in [3.05, 3.63) is 139 Å². The Balaban J connectivity index is 1.27. The van der Waals surface area contributed by atoms with Gasteiger partial charge in [0.1, 0.15) is 5.82 Å². The monoisotopic (exact) mass is 551 g/mol. The fourth-order valence-corrected chi connectivity index (χ4v) is 7.09. The number of allylic oxidation sites excluding steroid dienone is 5. The third-order valence-corrected chi connectivity index (χ3v) is 9.15. The molecule has 2 aromatic heterocycles. The molecule has 0 fully saturated rings. The Bertz CT molecular complexity index is 2320. The summed E-state index contributed by atoms with van der Waals surface area (Å²) in [5.41, 5.74) is 10.6. The highest BCUT2D eigenvalue weighted by molar-refractivity contribution is 6.18. The molecule has 2 aliphatic rings. The standard InChI is InChI=1S/C40H29N3/c1-2-12-30(13-3-1)43-36-17-9-8-16-35(36)41-40(43)29-20-18-28(19-21-29)37-33-24-22-26-10-4-6-14-31(26)38(33)42-39-32-15-7-5-11-27(32)23-25-34(37)39/h1-4,6-10,12,14-25,30H,5,11,13H2. The van der Waals surface area contributed by atoms with Crippen molar-refractivity contribution in [1.29, 1.82) is 0 Å². The molecule has 9 rings (SSSR count). The Kier molecular flexibility index (Phi) is 5.45. The molecule has 0 saturated carbocycles. The third kappa shape index (κ3) is 3.81. The van der Waals surface area contributed by atoms with Crippen LogP contribution in [0.4, 0.5) is 0 Å². The van der Waals surface area contributed by atoms with Crippen LogP contribution < -0.4 is 0 Å². The van der Waals surface area contributed by atoms with E-state index < -0.39 is 0 Å². The van der Waals surface area contributed by atoms with Crippen molar-refractivity contribution in [1.82, 2.24) is 14.5 Å². The highest BCUT2D eigenvalue weighted by atomic mass is 15.1. The van der Waals surface area contributed by atoms with E-state index in [1.54, 1.807) is 0 Å². The van der Waals surface area contributed by atoms with Gasteiger partial charge in [-0.2, -0.15) is 0 Å². The first kappa shape index (κ1) is 24.3. The zero-order chi connectivity index (χ0) is 28.3. The minimum Gasteiger partial charge on any atom is -0.317 e. The van der Waals surface area contributed by atoms with E-state index in [-0.39, 0.29) is 6.04 Å². The number of imidazole rings is 1. The lowest BCUT2D eigenvalue weighted by atomic mass is 9.89. The van der Waals surface area contributed by atoms with Crippen LogP contribution in [0.1, 0.15) is 30.0 Å². The fraction of sp³-hybridized carbons (Fsp3) is 0.100. The summed E-state index contributed by atoms with van der Waals surface area (Å²) >= 11 is 0. The number of hydrogen-bond acceptors (Lipinski definition) is 2. The van der Waals surface area contributed by atoms with Gasteiger partial charge in [0.25, 0.3) is 0 Å². The molecule has 2 heterocycles. The maximum absolute atomic E-state index is 5.38. The summed E-state index contributed by atoms with van der Waals surface area (Å²) in [7, 11) is 0. The molecule has 43 heavy (non-hydrogen) atoms. The van der Waals surface area contributed by atoms with Gasteiger partial charge in [0.15, 0.2) is 0 Å². The van der Waals surface area contributed by atoms with Gasteiger partial charge in [-0.3, -0.25) is 0 Å². The van der Waals surface area contributed by atoms with E-state index in [1.807, 2.05) is 0 Å². The first-order chi connectivity index (χ1) is 21.3. The minimum absolute atomic E-state index is 0.243. The van der Waals surface area contributed by atoms with Crippen molar-refractivity contribution < 1.29 is 0 Å². The normalized spacial score (nSPS) is 16.0. The van der Waals surface area contributed by atoms with Crippen LogP contribution in [-0.4, -0.2) is 14.5 Å². The molecule has 1 unspecified atom stereocenters. The van der Waals surface area contributed by atoms with E-state index in [0.717, 1.165) is 47.2 Å². The molecular formula is C40H29N3. The molecule has 5 aromatic carbocycles. The lowest BCUT2D eigenvalue weighted by Gasteiger charge is -2.20. The molecule has 0 aliphatic heterocycles. The Morgan fingerprint density at radius 3 is 2.37 bits per heavy atom. The van der Waals surface area contributed by atoms with E-state index in [0.29, 0.717) is 0 Å². The number of rotatable bonds is 3.